The maximum atomic E-state index is 12.6. The average Bonchev–Trinajstić information content (AvgIpc) is 2.47. The number of thioether (sulfide) groups is 1. The van der Waals surface area contributed by atoms with Crippen LogP contribution in [0.5, 0.6) is 5.75 Å². The second-order valence-corrected chi connectivity index (χ2v) is 8.01. The monoisotopic (exact) mass is 316 g/mol. The fourth-order valence-electron chi connectivity index (χ4n) is 2.18. The van der Waals surface area contributed by atoms with Gasteiger partial charge in [-0.05, 0) is 24.6 Å². The number of nitrogens with two attached hydrogens (primary N) is 1. The maximum absolute atomic E-state index is 12.6. The third-order valence-electron chi connectivity index (χ3n) is 3.40. The van der Waals surface area contributed by atoms with E-state index in [2.05, 4.69) is 6.92 Å². The minimum atomic E-state index is -3.47. The molecule has 0 radical (unpaired) electrons. The lowest BCUT2D eigenvalue weighted by Crippen LogP contribution is -2.41. The van der Waals surface area contributed by atoms with Gasteiger partial charge in [-0.3, -0.25) is 0 Å². The summed E-state index contributed by atoms with van der Waals surface area (Å²) in [6.45, 7) is 3.20. The summed E-state index contributed by atoms with van der Waals surface area (Å²) in [7, 11) is -1.96. The van der Waals surface area contributed by atoms with Gasteiger partial charge in [0.2, 0.25) is 10.0 Å². The lowest BCUT2D eigenvalue weighted by molar-refractivity contribution is 0.413. The molecule has 7 heteroatoms. The van der Waals surface area contributed by atoms with E-state index in [4.69, 9.17) is 10.5 Å². The predicted molar refractivity (Wildman–Crippen MR) is 82.7 cm³/mol. The summed E-state index contributed by atoms with van der Waals surface area (Å²) >= 11 is 1.84. The van der Waals surface area contributed by atoms with Crippen molar-refractivity contribution in [3.63, 3.8) is 0 Å². The molecule has 112 valence electrons. The van der Waals surface area contributed by atoms with E-state index in [1.165, 1.54) is 13.2 Å². The minimum Gasteiger partial charge on any atom is -0.495 e. The normalized spacial score (nSPS) is 20.8. The van der Waals surface area contributed by atoms with Gasteiger partial charge in [0.05, 0.1) is 17.7 Å². The first kappa shape index (κ1) is 15.5. The van der Waals surface area contributed by atoms with Gasteiger partial charge < -0.3 is 10.5 Å². The Morgan fingerprint density at radius 1 is 1.50 bits per heavy atom. The minimum absolute atomic E-state index is 0.234. The van der Waals surface area contributed by atoms with Gasteiger partial charge >= 0.3 is 0 Å². The highest BCUT2D eigenvalue weighted by Crippen LogP contribution is 2.29. The zero-order chi connectivity index (χ0) is 14.8. The van der Waals surface area contributed by atoms with Gasteiger partial charge in [0, 0.05) is 24.1 Å². The molecule has 2 N–H and O–H groups in total. The van der Waals surface area contributed by atoms with E-state index >= 15 is 0 Å². The Labute approximate surface area is 124 Å². The topological polar surface area (TPSA) is 72.6 Å². The SMILES string of the molecule is CCC1CN(S(=O)(=O)c2ccc(OC)c(N)c2)CCS1. The number of nitrogens with zero attached hydrogens (tertiary/aromatic N) is 1. The molecule has 1 aromatic rings. The summed E-state index contributed by atoms with van der Waals surface area (Å²) in [6.07, 6.45) is 0.974. The molecular formula is C13H20N2O3S2. The highest BCUT2D eigenvalue weighted by Gasteiger charge is 2.30. The second kappa shape index (κ2) is 6.24. The number of benzene rings is 1. The summed E-state index contributed by atoms with van der Waals surface area (Å²) in [5.41, 5.74) is 6.14. The van der Waals surface area contributed by atoms with Gasteiger partial charge in [0.15, 0.2) is 0 Å². The molecule has 5 nitrogen and oxygen atoms in total. The van der Waals surface area contributed by atoms with Crippen molar-refractivity contribution in [2.24, 2.45) is 0 Å². The third-order valence-corrected chi connectivity index (χ3v) is 6.63. The van der Waals surface area contributed by atoms with E-state index in [1.54, 1.807) is 16.4 Å². The Bertz CT molecular complexity index is 575. The Hall–Kier alpha value is -0.920. The average molecular weight is 316 g/mol. The van der Waals surface area contributed by atoms with Crippen molar-refractivity contribution >= 4 is 27.5 Å². The molecule has 1 aromatic carbocycles. The molecule has 1 atom stereocenters. The molecule has 0 bridgehead atoms. The Morgan fingerprint density at radius 3 is 2.85 bits per heavy atom. The van der Waals surface area contributed by atoms with E-state index in [-0.39, 0.29) is 4.90 Å². The molecule has 2 rings (SSSR count). The number of methoxy groups -OCH3 is 1. The van der Waals surface area contributed by atoms with E-state index < -0.39 is 10.0 Å². The van der Waals surface area contributed by atoms with E-state index in [9.17, 15) is 8.42 Å². The first-order valence-corrected chi connectivity index (χ1v) is 9.03. The summed E-state index contributed by atoms with van der Waals surface area (Å²) in [5, 5.41) is 0.370. The summed E-state index contributed by atoms with van der Waals surface area (Å²) in [6, 6.07) is 4.61. The third kappa shape index (κ3) is 3.05. The Morgan fingerprint density at radius 2 is 2.25 bits per heavy atom. The smallest absolute Gasteiger partial charge is 0.243 e. The number of nitrogen functional groups attached to an aromatic ring is 1. The summed E-state index contributed by atoms with van der Waals surface area (Å²) < 4.78 is 31.9. The zero-order valence-electron chi connectivity index (χ0n) is 11.7. The van der Waals surface area contributed by atoms with E-state index in [0.29, 0.717) is 29.8 Å². The number of hydrogen-bond donors (Lipinski definition) is 1. The summed E-state index contributed by atoms with van der Waals surface area (Å²) in [5.74, 6) is 1.33. The lowest BCUT2D eigenvalue weighted by atomic mass is 10.3. The van der Waals surface area contributed by atoms with E-state index in [1.807, 2.05) is 11.8 Å². The molecule has 1 aliphatic heterocycles. The van der Waals surface area contributed by atoms with Crippen LogP contribution in [0.25, 0.3) is 0 Å². The van der Waals surface area contributed by atoms with Gasteiger partial charge in [0.1, 0.15) is 5.75 Å². The van der Waals surface area contributed by atoms with Crippen LogP contribution in [-0.4, -0.2) is 43.9 Å². The molecule has 1 fully saturated rings. The van der Waals surface area contributed by atoms with Crippen molar-refractivity contribution in [1.29, 1.82) is 0 Å². The zero-order valence-corrected chi connectivity index (χ0v) is 13.3. The van der Waals surface area contributed by atoms with Crippen LogP contribution in [0.1, 0.15) is 13.3 Å². The van der Waals surface area contributed by atoms with Gasteiger partial charge in [0.25, 0.3) is 0 Å². The second-order valence-electron chi connectivity index (χ2n) is 4.67. The number of rotatable bonds is 4. The predicted octanol–water partition coefficient (Wildman–Crippen LogP) is 1.79. The number of anilines is 1. The molecular weight excluding hydrogens is 296 g/mol. The molecule has 1 unspecified atom stereocenters. The number of sulfonamides is 1. The van der Waals surface area contributed by atoms with Crippen LogP contribution in [0.15, 0.2) is 23.1 Å². The van der Waals surface area contributed by atoms with Gasteiger partial charge in [-0.15, -0.1) is 0 Å². The maximum Gasteiger partial charge on any atom is 0.243 e. The van der Waals surface area contributed by atoms with Crippen molar-refractivity contribution in [2.75, 3.05) is 31.7 Å². The standard InChI is InChI=1S/C13H20N2O3S2/c1-3-10-9-15(6-7-19-10)20(16,17)11-4-5-13(18-2)12(14)8-11/h4-5,8,10H,3,6-7,9,14H2,1-2H3. The van der Waals surface area contributed by atoms with Gasteiger partial charge in [-0.2, -0.15) is 16.1 Å². The van der Waals surface area contributed by atoms with Crippen molar-refractivity contribution < 1.29 is 13.2 Å². The largest absolute Gasteiger partial charge is 0.495 e. The van der Waals surface area contributed by atoms with Crippen LogP contribution >= 0.6 is 11.8 Å². The molecule has 1 heterocycles. The molecule has 1 aliphatic rings. The first-order valence-electron chi connectivity index (χ1n) is 6.54. The molecule has 0 aliphatic carbocycles. The van der Waals surface area contributed by atoms with Crippen LogP contribution in [0.2, 0.25) is 0 Å². The summed E-state index contributed by atoms with van der Waals surface area (Å²) in [4.78, 5) is 0.234. The molecule has 20 heavy (non-hydrogen) atoms. The fourth-order valence-corrected chi connectivity index (χ4v) is 5.09. The molecule has 0 spiro atoms. The Kier molecular flexibility index (Phi) is 4.82. The lowest BCUT2D eigenvalue weighted by Gasteiger charge is -2.31. The Balaban J connectivity index is 2.28. The van der Waals surface area contributed by atoms with Crippen LogP contribution in [-0.2, 0) is 10.0 Å². The van der Waals surface area contributed by atoms with Crippen LogP contribution in [0.4, 0.5) is 5.69 Å². The first-order chi connectivity index (χ1) is 9.48. The van der Waals surface area contributed by atoms with Crippen LogP contribution < -0.4 is 10.5 Å². The van der Waals surface area contributed by atoms with Crippen molar-refractivity contribution in [3.8, 4) is 5.75 Å². The van der Waals surface area contributed by atoms with Crippen molar-refractivity contribution in [3.05, 3.63) is 18.2 Å². The fraction of sp³-hybridized carbons (Fsp3) is 0.538. The number of hydrogen-bond acceptors (Lipinski definition) is 5. The van der Waals surface area contributed by atoms with Crippen molar-refractivity contribution in [2.45, 2.75) is 23.5 Å². The van der Waals surface area contributed by atoms with Gasteiger partial charge in [-0.25, -0.2) is 8.42 Å². The highest BCUT2D eigenvalue weighted by atomic mass is 32.2. The van der Waals surface area contributed by atoms with E-state index in [0.717, 1.165) is 12.2 Å². The molecule has 0 saturated carbocycles. The number of ether oxygens (including phenoxy) is 1. The van der Waals surface area contributed by atoms with Crippen LogP contribution in [0, 0.1) is 0 Å². The quantitative estimate of drug-likeness (QED) is 0.858. The van der Waals surface area contributed by atoms with Crippen LogP contribution in [0.3, 0.4) is 0 Å². The molecule has 0 amide bonds. The molecule has 0 aromatic heterocycles. The van der Waals surface area contributed by atoms with Crippen molar-refractivity contribution in [1.82, 2.24) is 4.31 Å². The van der Waals surface area contributed by atoms with Gasteiger partial charge in [-0.1, -0.05) is 6.92 Å². The highest BCUT2D eigenvalue weighted by molar-refractivity contribution is 8.00. The molecule has 1 saturated heterocycles.